The Morgan fingerprint density at radius 2 is 2.44 bits per heavy atom. The summed E-state index contributed by atoms with van der Waals surface area (Å²) in [5.41, 5.74) is -0.00276. The molecule has 0 aliphatic heterocycles. The van der Waals surface area contributed by atoms with E-state index < -0.39 is 5.97 Å². The Kier molecular flexibility index (Phi) is 4.60. The Hall–Kier alpha value is -1.75. The number of ether oxygens (including phenoxy) is 1. The van der Waals surface area contributed by atoms with Crippen molar-refractivity contribution < 1.29 is 9.53 Å². The average Bonchev–Trinajstić information content (AvgIpc) is 2.28. The molecule has 0 saturated carbocycles. The van der Waals surface area contributed by atoms with Crippen LogP contribution < -0.4 is 10.9 Å². The molecule has 1 aromatic heterocycles. The highest BCUT2D eigenvalue weighted by Gasteiger charge is 2.06. The number of anilines is 1. The van der Waals surface area contributed by atoms with Gasteiger partial charge in [0.1, 0.15) is 10.7 Å². The normalized spacial score (nSPS) is 11.0. The van der Waals surface area contributed by atoms with Crippen LogP contribution in [0.3, 0.4) is 0 Å². The maximum Gasteiger partial charge on any atom is 0.351 e. The molecule has 0 spiro atoms. The predicted octanol–water partition coefficient (Wildman–Crippen LogP) is 1.43. The lowest BCUT2D eigenvalue weighted by molar-refractivity contribution is -0.137. The fourth-order valence-corrected chi connectivity index (χ4v) is 1.04. The first kappa shape index (κ1) is 12.3. The van der Waals surface area contributed by atoms with E-state index in [2.05, 4.69) is 15.0 Å². The maximum atomic E-state index is 11.2. The molecule has 2 N–H and O–H groups in total. The van der Waals surface area contributed by atoms with Crippen LogP contribution in [0, 0.1) is 0 Å². The number of hydrogen-bond acceptors (Lipinski definition) is 4. The molecule has 0 unspecified atom stereocenters. The molecule has 0 radical (unpaired) electrons. The van der Waals surface area contributed by atoms with E-state index in [1.54, 1.807) is 19.1 Å². The van der Waals surface area contributed by atoms with E-state index in [0.29, 0.717) is 5.69 Å². The molecule has 0 saturated heterocycles. The number of carbonyl (C=O) groups excluding carboxylic acids is 1. The van der Waals surface area contributed by atoms with E-state index in [1.165, 1.54) is 12.4 Å². The van der Waals surface area contributed by atoms with Crippen molar-refractivity contribution in [3.8, 4) is 0 Å². The second kappa shape index (κ2) is 5.97. The minimum Gasteiger partial charge on any atom is -0.462 e. The van der Waals surface area contributed by atoms with Gasteiger partial charge >= 0.3 is 5.97 Å². The number of rotatable bonds is 4. The standard InChI is InChI=1S/C10H11ClN2O3/c1-2-16-10(15)7(11)6-13-8-4-3-5-12-9(8)14/h3-6,13H,2H2,1H3,(H,12,14)/b7-6+. The number of halogens is 1. The Balaban J connectivity index is 2.70. The molecule has 16 heavy (non-hydrogen) atoms. The molecule has 5 nitrogen and oxygen atoms in total. The molecule has 0 bridgehead atoms. The Bertz CT molecular complexity index is 453. The number of nitrogens with one attached hydrogen (secondary N) is 2. The summed E-state index contributed by atoms with van der Waals surface area (Å²) >= 11 is 5.62. The van der Waals surface area contributed by atoms with E-state index in [0.717, 1.165) is 0 Å². The van der Waals surface area contributed by atoms with Crippen molar-refractivity contribution in [2.24, 2.45) is 0 Å². The summed E-state index contributed by atoms with van der Waals surface area (Å²) in [5, 5.41) is 2.49. The maximum absolute atomic E-state index is 11.2. The van der Waals surface area contributed by atoms with Crippen molar-refractivity contribution in [3.63, 3.8) is 0 Å². The number of carbonyl (C=O) groups is 1. The van der Waals surface area contributed by atoms with Gasteiger partial charge in [-0.25, -0.2) is 4.79 Å². The third-order valence-electron chi connectivity index (χ3n) is 1.64. The monoisotopic (exact) mass is 242 g/mol. The Morgan fingerprint density at radius 1 is 1.69 bits per heavy atom. The highest BCUT2D eigenvalue weighted by molar-refractivity contribution is 6.41. The summed E-state index contributed by atoms with van der Waals surface area (Å²) < 4.78 is 4.66. The van der Waals surface area contributed by atoms with E-state index in [4.69, 9.17) is 11.6 Å². The van der Waals surface area contributed by atoms with Crippen LogP contribution in [0.4, 0.5) is 5.69 Å². The number of hydrogen-bond donors (Lipinski definition) is 2. The van der Waals surface area contributed by atoms with Gasteiger partial charge in [0.05, 0.1) is 6.61 Å². The van der Waals surface area contributed by atoms with Gasteiger partial charge < -0.3 is 15.0 Å². The predicted molar refractivity (Wildman–Crippen MR) is 61.3 cm³/mol. The highest BCUT2D eigenvalue weighted by atomic mass is 35.5. The van der Waals surface area contributed by atoms with Crippen molar-refractivity contribution in [3.05, 3.63) is 39.9 Å². The van der Waals surface area contributed by atoms with Crippen LogP contribution in [-0.4, -0.2) is 17.6 Å². The fourth-order valence-electron chi connectivity index (χ4n) is 0.935. The van der Waals surface area contributed by atoms with Crippen molar-refractivity contribution in [2.75, 3.05) is 11.9 Å². The van der Waals surface area contributed by atoms with E-state index >= 15 is 0 Å². The van der Waals surface area contributed by atoms with Crippen molar-refractivity contribution in [2.45, 2.75) is 6.92 Å². The third kappa shape index (κ3) is 3.43. The molecule has 0 aliphatic rings. The average molecular weight is 243 g/mol. The van der Waals surface area contributed by atoms with Crippen molar-refractivity contribution >= 4 is 23.3 Å². The summed E-state index contributed by atoms with van der Waals surface area (Å²) in [7, 11) is 0. The van der Waals surface area contributed by atoms with Gasteiger partial charge in [-0.3, -0.25) is 4.79 Å². The van der Waals surface area contributed by atoms with Gasteiger partial charge in [0.2, 0.25) is 0 Å². The zero-order valence-corrected chi connectivity index (χ0v) is 9.38. The van der Waals surface area contributed by atoms with Crippen LogP contribution in [0.15, 0.2) is 34.4 Å². The second-order valence-electron chi connectivity index (χ2n) is 2.77. The molecule has 6 heteroatoms. The lowest BCUT2D eigenvalue weighted by Gasteiger charge is -2.01. The van der Waals surface area contributed by atoms with Crippen molar-refractivity contribution in [1.29, 1.82) is 0 Å². The van der Waals surface area contributed by atoms with Crippen LogP contribution in [0.1, 0.15) is 6.92 Å². The lowest BCUT2D eigenvalue weighted by atomic mass is 10.4. The third-order valence-corrected chi connectivity index (χ3v) is 1.91. The Labute approximate surface area is 97.1 Å². The zero-order valence-electron chi connectivity index (χ0n) is 8.62. The summed E-state index contributed by atoms with van der Waals surface area (Å²) in [6, 6.07) is 3.21. The fraction of sp³-hybridized carbons (Fsp3) is 0.200. The van der Waals surface area contributed by atoms with Crippen LogP contribution in [0.5, 0.6) is 0 Å². The van der Waals surface area contributed by atoms with Gasteiger partial charge in [0.25, 0.3) is 5.56 Å². The molecule has 1 aromatic rings. The molecule has 1 heterocycles. The Morgan fingerprint density at radius 3 is 3.06 bits per heavy atom. The topological polar surface area (TPSA) is 71.2 Å². The number of esters is 1. The van der Waals surface area contributed by atoms with Gasteiger partial charge in [-0.2, -0.15) is 0 Å². The smallest absolute Gasteiger partial charge is 0.351 e. The van der Waals surface area contributed by atoms with E-state index in [-0.39, 0.29) is 17.2 Å². The van der Waals surface area contributed by atoms with Crippen LogP contribution >= 0.6 is 11.6 Å². The summed E-state index contributed by atoms with van der Waals surface area (Å²) in [5.74, 6) is -0.635. The van der Waals surface area contributed by atoms with E-state index in [1.807, 2.05) is 0 Å². The van der Waals surface area contributed by atoms with Gasteiger partial charge in [-0.05, 0) is 19.1 Å². The van der Waals surface area contributed by atoms with Crippen LogP contribution in [0.25, 0.3) is 0 Å². The number of aromatic amines is 1. The molecule has 1 rings (SSSR count). The minimum atomic E-state index is -0.635. The van der Waals surface area contributed by atoms with Crippen molar-refractivity contribution in [1.82, 2.24) is 4.98 Å². The van der Waals surface area contributed by atoms with Gasteiger partial charge in [-0.15, -0.1) is 0 Å². The molecule has 86 valence electrons. The number of aromatic nitrogens is 1. The van der Waals surface area contributed by atoms with E-state index in [9.17, 15) is 9.59 Å². The molecular weight excluding hydrogens is 232 g/mol. The molecule has 0 fully saturated rings. The molecular formula is C10H11ClN2O3. The minimum absolute atomic E-state index is 0.120. The second-order valence-corrected chi connectivity index (χ2v) is 3.18. The summed E-state index contributed by atoms with van der Waals surface area (Å²) in [4.78, 5) is 24.8. The molecule has 0 amide bonds. The first-order chi connectivity index (χ1) is 7.65. The summed E-state index contributed by atoms with van der Waals surface area (Å²) in [6.07, 6.45) is 2.72. The van der Waals surface area contributed by atoms with Gasteiger partial charge in [0, 0.05) is 12.4 Å². The SMILES string of the molecule is CCOC(=O)/C(Cl)=C\Nc1ccc[nH]c1=O. The zero-order chi connectivity index (χ0) is 12.0. The quantitative estimate of drug-likeness (QED) is 0.619. The largest absolute Gasteiger partial charge is 0.462 e. The number of H-pyrrole nitrogens is 1. The van der Waals surface area contributed by atoms with Gasteiger partial charge in [-0.1, -0.05) is 11.6 Å². The van der Waals surface area contributed by atoms with Crippen LogP contribution in [0.2, 0.25) is 0 Å². The molecule has 0 atom stereocenters. The summed E-state index contributed by atoms with van der Waals surface area (Å²) in [6.45, 7) is 1.92. The molecule has 0 aliphatic carbocycles. The lowest BCUT2D eigenvalue weighted by Crippen LogP contribution is -2.11. The highest BCUT2D eigenvalue weighted by Crippen LogP contribution is 2.05. The first-order valence-electron chi connectivity index (χ1n) is 4.62. The molecule has 0 aromatic carbocycles. The number of pyridine rings is 1. The first-order valence-corrected chi connectivity index (χ1v) is 5.00. The van der Waals surface area contributed by atoms with Gasteiger partial charge in [0.15, 0.2) is 0 Å². The van der Waals surface area contributed by atoms with Crippen LogP contribution in [-0.2, 0) is 9.53 Å².